The van der Waals surface area contributed by atoms with Crippen LogP contribution in [0.3, 0.4) is 0 Å². The van der Waals surface area contributed by atoms with Gasteiger partial charge in [-0.1, -0.05) is 27.5 Å². The lowest BCUT2D eigenvalue weighted by Gasteiger charge is -2.35. The molecule has 0 saturated carbocycles. The van der Waals surface area contributed by atoms with Crippen LogP contribution in [0.1, 0.15) is 27.1 Å². The second-order valence-electron chi connectivity index (χ2n) is 6.90. The van der Waals surface area contributed by atoms with Crippen LogP contribution in [-0.2, 0) is 4.79 Å². The van der Waals surface area contributed by atoms with Crippen molar-refractivity contribution >= 4 is 51.1 Å². The molecule has 1 saturated heterocycles. The number of piperazine rings is 1. The molecular weight excluding hydrogens is 460 g/mol. The predicted octanol–water partition coefficient (Wildman–Crippen LogP) is 2.83. The van der Waals surface area contributed by atoms with Crippen LogP contribution in [0.5, 0.6) is 0 Å². The summed E-state index contributed by atoms with van der Waals surface area (Å²) in [5.74, 6) is 0.0757. The Bertz CT molecular complexity index is 974. The monoisotopic (exact) mass is 476 g/mol. The minimum Gasteiger partial charge on any atom is -0.353 e. The molecule has 3 heterocycles. The van der Waals surface area contributed by atoms with Crippen LogP contribution in [-0.4, -0.2) is 65.2 Å². The van der Waals surface area contributed by atoms with Gasteiger partial charge in [0.05, 0.1) is 16.1 Å². The molecule has 0 unspecified atom stereocenters. The Hall–Kier alpha value is -2.45. The molecule has 3 amide bonds. The highest BCUT2D eigenvalue weighted by atomic mass is 79.9. The van der Waals surface area contributed by atoms with Crippen molar-refractivity contribution in [3.63, 3.8) is 0 Å². The van der Waals surface area contributed by atoms with Gasteiger partial charge in [-0.3, -0.25) is 19.3 Å². The van der Waals surface area contributed by atoms with E-state index in [2.05, 4.69) is 25.8 Å². The van der Waals surface area contributed by atoms with Crippen molar-refractivity contribution in [2.24, 2.45) is 0 Å². The van der Waals surface area contributed by atoms with E-state index in [1.807, 2.05) is 6.07 Å². The summed E-state index contributed by atoms with van der Waals surface area (Å²) < 4.78 is 0.739. The topological polar surface area (TPSA) is 73.8 Å². The van der Waals surface area contributed by atoms with Crippen molar-refractivity contribution in [2.45, 2.75) is 6.42 Å². The summed E-state index contributed by atoms with van der Waals surface area (Å²) in [4.78, 5) is 46.9. The number of anilines is 1. The Labute approximate surface area is 181 Å². The van der Waals surface area contributed by atoms with Crippen molar-refractivity contribution in [1.29, 1.82) is 0 Å². The standard InChI is InChI=1S/C20H18BrClN4O3/c21-13-1-3-15-16(11-13)20(29)26(19(15)28)6-5-18(27)25-9-7-24(8-10-25)17-4-2-14(22)12-23-17/h1-4,11-12H,5-10H2. The zero-order valence-electron chi connectivity index (χ0n) is 15.5. The first-order chi connectivity index (χ1) is 13.9. The summed E-state index contributed by atoms with van der Waals surface area (Å²) in [7, 11) is 0. The highest BCUT2D eigenvalue weighted by Crippen LogP contribution is 2.26. The van der Waals surface area contributed by atoms with Crippen LogP contribution < -0.4 is 4.90 Å². The van der Waals surface area contributed by atoms with E-state index >= 15 is 0 Å². The lowest BCUT2D eigenvalue weighted by molar-refractivity contribution is -0.131. The van der Waals surface area contributed by atoms with Gasteiger partial charge < -0.3 is 9.80 Å². The summed E-state index contributed by atoms with van der Waals surface area (Å²) in [6.45, 7) is 2.56. The van der Waals surface area contributed by atoms with Crippen molar-refractivity contribution in [2.75, 3.05) is 37.6 Å². The molecule has 2 aromatic rings. The maximum Gasteiger partial charge on any atom is 0.261 e. The Morgan fingerprint density at radius 2 is 1.76 bits per heavy atom. The molecule has 150 valence electrons. The number of rotatable bonds is 4. The van der Waals surface area contributed by atoms with Crippen LogP contribution in [0, 0.1) is 0 Å². The molecule has 0 spiro atoms. The number of pyridine rings is 1. The van der Waals surface area contributed by atoms with E-state index in [-0.39, 0.29) is 30.7 Å². The van der Waals surface area contributed by atoms with Gasteiger partial charge in [0.25, 0.3) is 11.8 Å². The number of fused-ring (bicyclic) bond motifs is 1. The molecule has 2 aliphatic rings. The van der Waals surface area contributed by atoms with Crippen LogP contribution in [0.4, 0.5) is 5.82 Å². The fourth-order valence-corrected chi connectivity index (χ4v) is 4.04. The van der Waals surface area contributed by atoms with E-state index in [0.29, 0.717) is 42.3 Å². The van der Waals surface area contributed by atoms with Gasteiger partial charge in [-0.2, -0.15) is 0 Å². The number of amides is 3. The summed E-state index contributed by atoms with van der Waals surface area (Å²) in [5, 5.41) is 0.586. The van der Waals surface area contributed by atoms with Gasteiger partial charge in [0.2, 0.25) is 5.91 Å². The van der Waals surface area contributed by atoms with Gasteiger partial charge in [0.15, 0.2) is 0 Å². The Balaban J connectivity index is 1.31. The van der Waals surface area contributed by atoms with E-state index in [1.165, 1.54) is 0 Å². The first-order valence-electron chi connectivity index (χ1n) is 9.24. The van der Waals surface area contributed by atoms with Crippen molar-refractivity contribution < 1.29 is 14.4 Å². The predicted molar refractivity (Wildman–Crippen MR) is 112 cm³/mol. The Morgan fingerprint density at radius 1 is 1.03 bits per heavy atom. The maximum atomic E-state index is 12.6. The van der Waals surface area contributed by atoms with Crippen LogP contribution in [0.2, 0.25) is 5.02 Å². The lowest BCUT2D eigenvalue weighted by Crippen LogP contribution is -2.49. The number of hydrogen-bond acceptors (Lipinski definition) is 5. The number of nitrogens with zero attached hydrogens (tertiary/aromatic N) is 4. The zero-order valence-corrected chi connectivity index (χ0v) is 17.8. The molecule has 4 rings (SSSR count). The molecule has 7 nitrogen and oxygen atoms in total. The summed E-state index contributed by atoms with van der Waals surface area (Å²) in [6.07, 6.45) is 1.72. The third kappa shape index (κ3) is 4.00. The van der Waals surface area contributed by atoms with Gasteiger partial charge >= 0.3 is 0 Å². The molecule has 0 atom stereocenters. The molecule has 2 aliphatic heterocycles. The number of imide groups is 1. The summed E-state index contributed by atoms with van der Waals surface area (Å²) >= 11 is 9.19. The summed E-state index contributed by atoms with van der Waals surface area (Å²) in [5.41, 5.74) is 0.760. The number of benzene rings is 1. The van der Waals surface area contributed by atoms with E-state index in [0.717, 1.165) is 15.2 Å². The quantitative estimate of drug-likeness (QED) is 0.633. The highest BCUT2D eigenvalue weighted by molar-refractivity contribution is 9.10. The van der Waals surface area contributed by atoms with E-state index in [9.17, 15) is 14.4 Å². The Morgan fingerprint density at radius 3 is 2.45 bits per heavy atom. The second kappa shape index (κ2) is 8.12. The van der Waals surface area contributed by atoms with Crippen molar-refractivity contribution in [3.8, 4) is 0 Å². The normalized spacial score (nSPS) is 16.4. The number of halogens is 2. The summed E-state index contributed by atoms with van der Waals surface area (Å²) in [6, 6.07) is 8.66. The molecular formula is C20H18BrClN4O3. The van der Waals surface area contributed by atoms with Crippen LogP contribution in [0.25, 0.3) is 0 Å². The smallest absolute Gasteiger partial charge is 0.261 e. The third-order valence-electron chi connectivity index (χ3n) is 5.15. The maximum absolute atomic E-state index is 12.6. The van der Waals surface area contributed by atoms with Crippen LogP contribution >= 0.6 is 27.5 Å². The molecule has 1 aromatic heterocycles. The first kappa shape index (κ1) is 19.8. The lowest BCUT2D eigenvalue weighted by atomic mass is 10.1. The number of carbonyl (C=O) groups excluding carboxylic acids is 3. The Kier molecular flexibility index (Phi) is 5.56. The number of carbonyl (C=O) groups is 3. The second-order valence-corrected chi connectivity index (χ2v) is 8.26. The number of hydrogen-bond donors (Lipinski definition) is 0. The van der Waals surface area contributed by atoms with Gasteiger partial charge in [-0.25, -0.2) is 4.98 Å². The number of aromatic nitrogens is 1. The van der Waals surface area contributed by atoms with Gasteiger partial charge in [-0.15, -0.1) is 0 Å². The largest absolute Gasteiger partial charge is 0.353 e. The average Bonchev–Trinajstić information content (AvgIpc) is 2.96. The fraction of sp³-hybridized carbons (Fsp3) is 0.300. The average molecular weight is 478 g/mol. The van der Waals surface area contributed by atoms with Gasteiger partial charge in [-0.05, 0) is 30.3 Å². The third-order valence-corrected chi connectivity index (χ3v) is 5.87. The molecule has 1 fully saturated rings. The van der Waals surface area contributed by atoms with Crippen LogP contribution in [0.15, 0.2) is 41.0 Å². The van der Waals surface area contributed by atoms with E-state index < -0.39 is 0 Å². The van der Waals surface area contributed by atoms with E-state index in [1.54, 1.807) is 35.4 Å². The minimum atomic E-state index is -0.349. The molecule has 1 aromatic carbocycles. The SMILES string of the molecule is O=C(CCN1C(=O)c2ccc(Br)cc2C1=O)N1CCN(c2ccc(Cl)cn2)CC1. The van der Waals surface area contributed by atoms with Crippen molar-refractivity contribution in [3.05, 3.63) is 57.2 Å². The van der Waals surface area contributed by atoms with Gasteiger partial charge in [0, 0.05) is 49.8 Å². The molecule has 0 bridgehead atoms. The first-order valence-corrected chi connectivity index (χ1v) is 10.4. The minimum absolute atomic E-state index is 0.0635. The molecule has 0 radical (unpaired) electrons. The van der Waals surface area contributed by atoms with E-state index in [4.69, 9.17) is 11.6 Å². The molecule has 29 heavy (non-hydrogen) atoms. The molecule has 0 N–H and O–H groups in total. The highest BCUT2D eigenvalue weighted by Gasteiger charge is 2.36. The van der Waals surface area contributed by atoms with Gasteiger partial charge in [0.1, 0.15) is 5.82 Å². The van der Waals surface area contributed by atoms with Crippen molar-refractivity contribution in [1.82, 2.24) is 14.8 Å². The fourth-order valence-electron chi connectivity index (χ4n) is 3.57. The molecule has 9 heteroatoms. The zero-order chi connectivity index (χ0) is 20.5. The molecule has 0 aliphatic carbocycles.